The van der Waals surface area contributed by atoms with Gasteiger partial charge in [-0.15, -0.1) is 0 Å². The zero-order chi connectivity index (χ0) is 13.7. The van der Waals surface area contributed by atoms with Crippen LogP contribution in [0.15, 0.2) is 42.6 Å². The fraction of sp³-hybridized carbons (Fsp3) is 0.0714. The molecule has 5 heteroatoms. The molecule has 19 heavy (non-hydrogen) atoms. The number of hydrogen-bond acceptors (Lipinski definition) is 4. The van der Waals surface area contributed by atoms with Gasteiger partial charge in [0.05, 0.1) is 18.1 Å². The van der Waals surface area contributed by atoms with E-state index < -0.39 is 5.97 Å². The molecule has 0 aliphatic heterocycles. The Morgan fingerprint density at radius 2 is 2.05 bits per heavy atom. The van der Waals surface area contributed by atoms with E-state index in [4.69, 9.17) is 10.4 Å². The number of pyridine rings is 1. The lowest BCUT2D eigenvalue weighted by Gasteiger charge is -2.06. The van der Waals surface area contributed by atoms with E-state index in [0.717, 1.165) is 11.3 Å². The van der Waals surface area contributed by atoms with Crippen molar-refractivity contribution in [1.29, 1.82) is 5.26 Å². The van der Waals surface area contributed by atoms with Gasteiger partial charge in [-0.1, -0.05) is 12.1 Å². The molecule has 2 aromatic rings. The molecule has 0 spiro atoms. The molecule has 0 fully saturated rings. The average Bonchev–Trinajstić information content (AvgIpc) is 2.42. The van der Waals surface area contributed by atoms with Gasteiger partial charge >= 0.3 is 5.97 Å². The van der Waals surface area contributed by atoms with E-state index in [2.05, 4.69) is 16.4 Å². The smallest absolute Gasteiger partial charge is 0.335 e. The molecule has 0 aliphatic carbocycles. The van der Waals surface area contributed by atoms with E-state index in [1.165, 1.54) is 18.3 Å². The van der Waals surface area contributed by atoms with Crippen molar-refractivity contribution in [3.05, 3.63) is 53.7 Å². The average molecular weight is 253 g/mol. The van der Waals surface area contributed by atoms with Crippen LogP contribution in [0, 0.1) is 11.3 Å². The monoisotopic (exact) mass is 253 g/mol. The van der Waals surface area contributed by atoms with E-state index >= 15 is 0 Å². The summed E-state index contributed by atoms with van der Waals surface area (Å²) >= 11 is 0. The summed E-state index contributed by atoms with van der Waals surface area (Å²) in [5.41, 5.74) is 1.90. The third-order valence-corrected chi connectivity index (χ3v) is 2.52. The van der Waals surface area contributed by atoms with Crippen LogP contribution in [0.5, 0.6) is 0 Å². The fourth-order valence-corrected chi connectivity index (χ4v) is 1.58. The molecule has 1 aromatic heterocycles. The summed E-state index contributed by atoms with van der Waals surface area (Å²) in [6.45, 7) is 0. The Hall–Kier alpha value is -2.87. The van der Waals surface area contributed by atoms with E-state index in [-0.39, 0.29) is 5.56 Å². The van der Waals surface area contributed by atoms with Gasteiger partial charge in [0, 0.05) is 11.9 Å². The zero-order valence-corrected chi connectivity index (χ0v) is 10.00. The summed E-state index contributed by atoms with van der Waals surface area (Å²) < 4.78 is 0. The van der Waals surface area contributed by atoms with Gasteiger partial charge in [-0.05, 0) is 29.8 Å². The third-order valence-electron chi connectivity index (χ3n) is 2.52. The van der Waals surface area contributed by atoms with Crippen molar-refractivity contribution in [3.8, 4) is 6.07 Å². The molecule has 5 nitrogen and oxygen atoms in total. The van der Waals surface area contributed by atoms with Crippen LogP contribution in [0.25, 0.3) is 0 Å². The normalized spacial score (nSPS) is 9.63. The molecule has 0 atom stereocenters. The van der Waals surface area contributed by atoms with Crippen molar-refractivity contribution >= 4 is 17.5 Å². The number of aromatic nitrogens is 1. The number of carboxylic acids is 1. The van der Waals surface area contributed by atoms with Crippen molar-refractivity contribution in [2.24, 2.45) is 0 Å². The van der Waals surface area contributed by atoms with Crippen LogP contribution in [0.4, 0.5) is 11.5 Å². The lowest BCUT2D eigenvalue weighted by molar-refractivity contribution is 0.0697. The highest BCUT2D eigenvalue weighted by Crippen LogP contribution is 2.16. The van der Waals surface area contributed by atoms with Crippen LogP contribution in [0.3, 0.4) is 0 Å². The van der Waals surface area contributed by atoms with Gasteiger partial charge in [-0.3, -0.25) is 0 Å². The largest absolute Gasteiger partial charge is 0.478 e. The van der Waals surface area contributed by atoms with Crippen molar-refractivity contribution in [2.75, 3.05) is 5.32 Å². The molecule has 94 valence electrons. The topological polar surface area (TPSA) is 86.0 Å². The maximum Gasteiger partial charge on any atom is 0.335 e. The predicted molar refractivity (Wildman–Crippen MR) is 70.2 cm³/mol. The van der Waals surface area contributed by atoms with Crippen LogP contribution in [-0.4, -0.2) is 16.1 Å². The van der Waals surface area contributed by atoms with Crippen molar-refractivity contribution in [1.82, 2.24) is 4.98 Å². The van der Waals surface area contributed by atoms with Crippen molar-refractivity contribution in [2.45, 2.75) is 6.42 Å². The number of nitrogens with one attached hydrogen (secondary N) is 1. The number of rotatable bonds is 4. The number of nitriles is 1. The number of nitrogens with zero attached hydrogens (tertiary/aromatic N) is 2. The van der Waals surface area contributed by atoms with Crippen molar-refractivity contribution in [3.63, 3.8) is 0 Å². The van der Waals surface area contributed by atoms with E-state index in [1.54, 1.807) is 0 Å². The number of aromatic carboxylic acids is 1. The van der Waals surface area contributed by atoms with Crippen LogP contribution in [-0.2, 0) is 6.42 Å². The Morgan fingerprint density at radius 3 is 2.68 bits per heavy atom. The highest BCUT2D eigenvalue weighted by Gasteiger charge is 2.04. The molecular weight excluding hydrogens is 242 g/mol. The first-order valence-electron chi connectivity index (χ1n) is 5.61. The van der Waals surface area contributed by atoms with E-state index in [9.17, 15) is 4.79 Å². The first kappa shape index (κ1) is 12.6. The van der Waals surface area contributed by atoms with Gasteiger partial charge in [-0.2, -0.15) is 5.26 Å². The highest BCUT2D eigenvalue weighted by atomic mass is 16.4. The predicted octanol–water partition coefficient (Wildman–Crippen LogP) is 2.59. The first-order valence-corrected chi connectivity index (χ1v) is 5.61. The molecule has 1 heterocycles. The molecule has 1 aromatic carbocycles. The number of anilines is 2. The number of benzene rings is 1. The van der Waals surface area contributed by atoms with E-state index in [1.807, 2.05) is 24.3 Å². The van der Waals surface area contributed by atoms with Crippen LogP contribution < -0.4 is 5.32 Å². The minimum absolute atomic E-state index is 0.179. The molecule has 0 unspecified atom stereocenters. The number of carboxylic acid groups (broad SMARTS) is 1. The molecule has 0 saturated carbocycles. The molecular formula is C14H11N3O2. The molecule has 0 bridgehead atoms. The summed E-state index contributed by atoms with van der Waals surface area (Å²) in [7, 11) is 0. The van der Waals surface area contributed by atoms with Crippen LogP contribution in [0.2, 0.25) is 0 Å². The zero-order valence-electron chi connectivity index (χ0n) is 10.00. The third kappa shape index (κ3) is 3.30. The summed E-state index contributed by atoms with van der Waals surface area (Å²) in [5, 5.41) is 20.5. The van der Waals surface area contributed by atoms with Gasteiger partial charge in [0.15, 0.2) is 0 Å². The Labute approximate surface area is 110 Å². The first-order chi connectivity index (χ1) is 9.19. The standard InChI is InChI=1S/C14H11N3O2/c15-7-5-10-1-3-12(4-2-10)17-13-9-11(14(18)19)6-8-16-13/h1-4,6,8-9H,5H2,(H,16,17)(H,18,19). The van der Waals surface area contributed by atoms with E-state index in [0.29, 0.717) is 12.2 Å². The minimum atomic E-state index is -0.991. The maximum atomic E-state index is 10.8. The van der Waals surface area contributed by atoms with Gasteiger partial charge in [0.2, 0.25) is 0 Å². The summed E-state index contributed by atoms with van der Waals surface area (Å²) in [5.74, 6) is -0.525. The SMILES string of the molecule is N#CCc1ccc(Nc2cc(C(=O)O)ccn2)cc1. The fourth-order valence-electron chi connectivity index (χ4n) is 1.58. The number of hydrogen-bond donors (Lipinski definition) is 2. The summed E-state index contributed by atoms with van der Waals surface area (Å²) in [6, 6.07) is 12.3. The quantitative estimate of drug-likeness (QED) is 0.874. The Morgan fingerprint density at radius 1 is 1.32 bits per heavy atom. The molecule has 0 radical (unpaired) electrons. The second-order valence-corrected chi connectivity index (χ2v) is 3.89. The molecule has 0 amide bonds. The lowest BCUT2D eigenvalue weighted by Crippen LogP contribution is -1.99. The number of carbonyl (C=O) groups is 1. The van der Waals surface area contributed by atoms with Gasteiger partial charge in [0.1, 0.15) is 5.82 Å². The second kappa shape index (κ2) is 5.65. The molecule has 2 rings (SSSR count). The van der Waals surface area contributed by atoms with Gasteiger partial charge in [0.25, 0.3) is 0 Å². The van der Waals surface area contributed by atoms with Gasteiger partial charge in [-0.25, -0.2) is 9.78 Å². The second-order valence-electron chi connectivity index (χ2n) is 3.89. The van der Waals surface area contributed by atoms with Crippen LogP contribution in [0.1, 0.15) is 15.9 Å². The Kier molecular flexibility index (Phi) is 3.74. The highest BCUT2D eigenvalue weighted by molar-refractivity contribution is 5.88. The molecule has 2 N–H and O–H groups in total. The maximum absolute atomic E-state index is 10.8. The Bertz CT molecular complexity index is 630. The lowest BCUT2D eigenvalue weighted by atomic mass is 10.1. The Balaban J connectivity index is 2.14. The minimum Gasteiger partial charge on any atom is -0.478 e. The molecule has 0 saturated heterocycles. The van der Waals surface area contributed by atoms with Crippen molar-refractivity contribution < 1.29 is 9.90 Å². The summed E-state index contributed by atoms with van der Waals surface area (Å²) in [4.78, 5) is 14.9. The molecule has 0 aliphatic rings. The van der Waals surface area contributed by atoms with Crippen LogP contribution >= 0.6 is 0 Å². The van der Waals surface area contributed by atoms with Gasteiger partial charge < -0.3 is 10.4 Å². The summed E-state index contributed by atoms with van der Waals surface area (Å²) in [6.07, 6.45) is 1.81.